The first-order valence-corrected chi connectivity index (χ1v) is 8.25. The predicted molar refractivity (Wildman–Crippen MR) is 89.5 cm³/mol. The third-order valence-electron chi connectivity index (χ3n) is 3.55. The van der Waals surface area contributed by atoms with Crippen LogP contribution in [0.5, 0.6) is 5.75 Å². The van der Waals surface area contributed by atoms with Gasteiger partial charge >= 0.3 is 7.12 Å². The molecule has 122 valence electrons. The standard InChI is InChI=1S/C14H14BNO5S.ClH/c16-11-3-4-14(13(17)6-11)22(19,20)8-9-1-2-10-7-21-15(18)12(10)5-9;/h1-6,17-18H,7-8,16H2;1H. The summed E-state index contributed by atoms with van der Waals surface area (Å²) in [6, 6.07) is 8.93. The Kier molecular flexibility index (Phi) is 4.91. The quantitative estimate of drug-likeness (QED) is 0.549. The van der Waals surface area contributed by atoms with Crippen LogP contribution in [-0.2, 0) is 26.9 Å². The molecule has 0 spiro atoms. The highest BCUT2D eigenvalue weighted by Gasteiger charge is 2.28. The minimum absolute atomic E-state index is 0. The van der Waals surface area contributed by atoms with Crippen molar-refractivity contribution in [3.8, 4) is 5.75 Å². The molecule has 4 N–H and O–H groups in total. The van der Waals surface area contributed by atoms with Gasteiger partial charge in [-0.15, -0.1) is 12.4 Å². The molecule has 9 heteroatoms. The van der Waals surface area contributed by atoms with Crippen molar-refractivity contribution in [3.63, 3.8) is 0 Å². The Balaban J connectivity index is 0.00000192. The molecule has 1 aliphatic heterocycles. The number of hydrogen-bond acceptors (Lipinski definition) is 6. The molecule has 23 heavy (non-hydrogen) atoms. The van der Waals surface area contributed by atoms with E-state index >= 15 is 0 Å². The van der Waals surface area contributed by atoms with Crippen LogP contribution in [0.3, 0.4) is 0 Å². The first-order valence-electron chi connectivity index (χ1n) is 6.59. The summed E-state index contributed by atoms with van der Waals surface area (Å²) in [5.41, 5.74) is 7.72. The van der Waals surface area contributed by atoms with E-state index in [0.29, 0.717) is 17.6 Å². The zero-order chi connectivity index (χ0) is 15.9. The number of nitrogen functional groups attached to an aromatic ring is 1. The number of halogens is 1. The van der Waals surface area contributed by atoms with Crippen molar-refractivity contribution < 1.29 is 23.2 Å². The lowest BCUT2D eigenvalue weighted by Gasteiger charge is -2.09. The zero-order valence-electron chi connectivity index (χ0n) is 12.0. The van der Waals surface area contributed by atoms with Crippen LogP contribution < -0.4 is 11.2 Å². The Labute approximate surface area is 140 Å². The van der Waals surface area contributed by atoms with Gasteiger partial charge in [0.05, 0.1) is 12.4 Å². The van der Waals surface area contributed by atoms with Gasteiger partial charge in [-0.05, 0) is 28.7 Å². The molecule has 2 aromatic carbocycles. The van der Waals surface area contributed by atoms with E-state index in [1.54, 1.807) is 18.2 Å². The van der Waals surface area contributed by atoms with E-state index in [0.717, 1.165) is 5.56 Å². The third-order valence-corrected chi connectivity index (χ3v) is 5.28. The summed E-state index contributed by atoms with van der Waals surface area (Å²) in [4.78, 5) is -0.168. The van der Waals surface area contributed by atoms with Crippen LogP contribution >= 0.6 is 12.4 Å². The normalized spacial score (nSPS) is 13.5. The maximum Gasteiger partial charge on any atom is 0.491 e. The molecule has 0 bridgehead atoms. The lowest BCUT2D eigenvalue weighted by atomic mass is 9.79. The Morgan fingerprint density at radius 2 is 1.96 bits per heavy atom. The molecule has 0 unspecified atom stereocenters. The van der Waals surface area contributed by atoms with E-state index in [9.17, 15) is 18.5 Å². The SMILES string of the molecule is Cl.Nc1ccc(S(=O)(=O)Cc2ccc3c(c2)B(O)OC3)c(O)c1. The topological polar surface area (TPSA) is 110 Å². The van der Waals surface area contributed by atoms with E-state index in [1.807, 2.05) is 0 Å². The second kappa shape index (κ2) is 6.41. The van der Waals surface area contributed by atoms with E-state index < -0.39 is 17.0 Å². The third kappa shape index (κ3) is 3.45. The molecule has 0 fully saturated rings. The number of rotatable bonds is 3. The number of anilines is 1. The largest absolute Gasteiger partial charge is 0.507 e. The molecule has 6 nitrogen and oxygen atoms in total. The highest BCUT2D eigenvalue weighted by atomic mass is 35.5. The van der Waals surface area contributed by atoms with Gasteiger partial charge in [0, 0.05) is 11.8 Å². The minimum Gasteiger partial charge on any atom is -0.507 e. The van der Waals surface area contributed by atoms with Gasteiger partial charge in [-0.25, -0.2) is 8.42 Å². The number of aromatic hydroxyl groups is 1. The Morgan fingerprint density at radius 1 is 1.22 bits per heavy atom. The molecule has 1 heterocycles. The second-order valence-electron chi connectivity index (χ2n) is 5.18. The van der Waals surface area contributed by atoms with Gasteiger partial charge in [-0.3, -0.25) is 0 Å². The number of nitrogens with two attached hydrogens (primary N) is 1. The van der Waals surface area contributed by atoms with Gasteiger partial charge in [-0.1, -0.05) is 18.2 Å². The van der Waals surface area contributed by atoms with Crippen LogP contribution in [0.1, 0.15) is 11.1 Å². The number of phenolic OH excluding ortho intramolecular Hbond substituents is 1. The predicted octanol–water partition coefficient (Wildman–Crippen LogP) is 0.588. The fourth-order valence-electron chi connectivity index (χ4n) is 2.45. The van der Waals surface area contributed by atoms with Crippen LogP contribution in [0, 0.1) is 0 Å². The average molecular weight is 356 g/mol. The summed E-state index contributed by atoms with van der Waals surface area (Å²) in [5, 5.41) is 19.5. The highest BCUT2D eigenvalue weighted by molar-refractivity contribution is 7.90. The van der Waals surface area contributed by atoms with Gasteiger partial charge in [0.15, 0.2) is 9.84 Å². The van der Waals surface area contributed by atoms with E-state index in [4.69, 9.17) is 10.4 Å². The molecule has 0 aliphatic carbocycles. The fraction of sp³-hybridized carbons (Fsp3) is 0.143. The zero-order valence-corrected chi connectivity index (χ0v) is 13.6. The van der Waals surface area contributed by atoms with Crippen molar-refractivity contribution in [1.29, 1.82) is 0 Å². The molecule has 0 aromatic heterocycles. The van der Waals surface area contributed by atoms with Gasteiger partial charge < -0.3 is 20.5 Å². The fourth-order valence-corrected chi connectivity index (χ4v) is 3.88. The molecule has 0 atom stereocenters. The Bertz CT molecular complexity index is 843. The number of benzene rings is 2. The lowest BCUT2D eigenvalue weighted by Crippen LogP contribution is -2.28. The molecule has 0 radical (unpaired) electrons. The molecule has 0 saturated heterocycles. The number of sulfone groups is 1. The monoisotopic (exact) mass is 355 g/mol. The summed E-state index contributed by atoms with van der Waals surface area (Å²) in [5.74, 6) is -0.658. The van der Waals surface area contributed by atoms with Crippen LogP contribution in [0.15, 0.2) is 41.3 Å². The first kappa shape index (κ1) is 17.6. The molecule has 1 aliphatic rings. The Morgan fingerprint density at radius 3 is 2.65 bits per heavy atom. The number of phenols is 1. The maximum absolute atomic E-state index is 12.4. The van der Waals surface area contributed by atoms with Crippen LogP contribution in [0.25, 0.3) is 0 Å². The smallest absolute Gasteiger partial charge is 0.491 e. The first-order chi connectivity index (χ1) is 10.4. The van der Waals surface area contributed by atoms with Crippen LogP contribution in [0.4, 0.5) is 5.69 Å². The summed E-state index contributed by atoms with van der Waals surface area (Å²) in [6.07, 6.45) is 0. The summed E-state index contributed by atoms with van der Waals surface area (Å²) >= 11 is 0. The molecule has 0 saturated carbocycles. The average Bonchev–Trinajstić information content (AvgIpc) is 2.79. The number of hydrogen-bond donors (Lipinski definition) is 3. The van der Waals surface area contributed by atoms with E-state index in [-0.39, 0.29) is 34.5 Å². The van der Waals surface area contributed by atoms with Gasteiger partial charge in [0.1, 0.15) is 10.6 Å². The van der Waals surface area contributed by atoms with Crippen molar-refractivity contribution in [1.82, 2.24) is 0 Å². The molecular weight excluding hydrogens is 340 g/mol. The minimum atomic E-state index is -3.72. The van der Waals surface area contributed by atoms with Crippen molar-refractivity contribution in [3.05, 3.63) is 47.5 Å². The van der Waals surface area contributed by atoms with E-state index in [1.165, 1.54) is 18.2 Å². The second-order valence-corrected chi connectivity index (χ2v) is 7.14. The molecule has 2 aromatic rings. The number of fused-ring (bicyclic) bond motifs is 1. The van der Waals surface area contributed by atoms with Gasteiger partial charge in [-0.2, -0.15) is 0 Å². The van der Waals surface area contributed by atoms with Crippen LogP contribution in [0.2, 0.25) is 0 Å². The summed E-state index contributed by atoms with van der Waals surface area (Å²) < 4.78 is 29.9. The lowest BCUT2D eigenvalue weighted by molar-refractivity contribution is 0.275. The Hall–Kier alpha value is -1.74. The van der Waals surface area contributed by atoms with E-state index in [2.05, 4.69) is 0 Å². The van der Waals surface area contributed by atoms with Crippen molar-refractivity contribution in [2.24, 2.45) is 0 Å². The summed E-state index contributed by atoms with van der Waals surface area (Å²) in [7, 11) is -4.75. The van der Waals surface area contributed by atoms with Crippen molar-refractivity contribution in [2.75, 3.05) is 5.73 Å². The van der Waals surface area contributed by atoms with Crippen LogP contribution in [-0.4, -0.2) is 25.7 Å². The van der Waals surface area contributed by atoms with Gasteiger partial charge in [0.25, 0.3) is 0 Å². The molecule has 0 amide bonds. The maximum atomic E-state index is 12.4. The highest BCUT2D eigenvalue weighted by Crippen LogP contribution is 2.27. The molecule has 3 rings (SSSR count). The van der Waals surface area contributed by atoms with Gasteiger partial charge in [0.2, 0.25) is 0 Å². The summed E-state index contributed by atoms with van der Waals surface area (Å²) in [6.45, 7) is 0.308. The molecular formula is C14H15BClNO5S. The van der Waals surface area contributed by atoms with Crippen molar-refractivity contribution >= 4 is 40.5 Å². The van der Waals surface area contributed by atoms with Crippen molar-refractivity contribution in [2.45, 2.75) is 17.3 Å².